The van der Waals surface area contributed by atoms with Crippen LogP contribution in [0.2, 0.25) is 0 Å². The summed E-state index contributed by atoms with van der Waals surface area (Å²) in [5.74, 6) is 0.553. The van der Waals surface area contributed by atoms with Gasteiger partial charge in [-0.25, -0.2) is 4.68 Å². The van der Waals surface area contributed by atoms with E-state index < -0.39 is 50.7 Å². The summed E-state index contributed by atoms with van der Waals surface area (Å²) in [5.41, 5.74) is 0.324. The van der Waals surface area contributed by atoms with Gasteiger partial charge in [-0.15, -0.1) is 0 Å². The topological polar surface area (TPSA) is 202 Å². The number of aromatic nitrogens is 4. The molecule has 0 spiro atoms. The van der Waals surface area contributed by atoms with E-state index in [1.807, 2.05) is 6.92 Å². The summed E-state index contributed by atoms with van der Waals surface area (Å²) in [4.78, 5) is 28.0. The molecule has 4 rings (SSSR count). The Hall–Kier alpha value is -1.90. The molecule has 1 aliphatic carbocycles. The molecule has 15 heteroatoms. The number of hydrogen-bond donors (Lipinski definition) is 6. The predicted octanol–water partition coefficient (Wildman–Crippen LogP) is 0.492. The summed E-state index contributed by atoms with van der Waals surface area (Å²) < 4.78 is 29.8. The Morgan fingerprint density at radius 2 is 1.97 bits per heavy atom. The summed E-state index contributed by atoms with van der Waals surface area (Å²) in [5, 5.41) is 36.9. The van der Waals surface area contributed by atoms with Crippen LogP contribution in [0.1, 0.15) is 52.2 Å². The van der Waals surface area contributed by atoms with Crippen LogP contribution in [-0.4, -0.2) is 94.4 Å². The van der Waals surface area contributed by atoms with Crippen molar-refractivity contribution in [2.24, 2.45) is 0 Å². The molecule has 3 heterocycles. The molecule has 36 heavy (non-hydrogen) atoms. The molecule has 5 atom stereocenters. The minimum atomic E-state index is -4.84. The van der Waals surface area contributed by atoms with Crippen molar-refractivity contribution < 1.29 is 43.9 Å². The highest BCUT2D eigenvalue weighted by Gasteiger charge is 2.48. The van der Waals surface area contributed by atoms with E-state index >= 15 is 0 Å². The van der Waals surface area contributed by atoms with Gasteiger partial charge in [0, 0.05) is 6.04 Å². The number of rotatable bonds is 11. The average Bonchev–Trinajstić information content (AvgIpc) is 3.56. The molecule has 0 amide bonds. The van der Waals surface area contributed by atoms with Crippen molar-refractivity contribution in [1.29, 1.82) is 0 Å². The van der Waals surface area contributed by atoms with Gasteiger partial charge in [-0.1, -0.05) is 19.8 Å². The molecule has 14 nitrogen and oxygen atoms in total. The maximum Gasteiger partial charge on any atom is 0.359 e. The van der Waals surface area contributed by atoms with Gasteiger partial charge in [-0.2, -0.15) is 15.1 Å². The molecule has 2 fully saturated rings. The largest absolute Gasteiger partial charge is 0.463 e. The zero-order valence-electron chi connectivity index (χ0n) is 20.2. The Morgan fingerprint density at radius 3 is 2.61 bits per heavy atom. The number of anilines is 1. The number of hydrogen-bond acceptors (Lipinski definition) is 11. The lowest BCUT2D eigenvalue weighted by atomic mass is 10.1. The number of fused-ring (bicyclic) bond motifs is 1. The third-order valence-corrected chi connectivity index (χ3v) is 8.11. The molecule has 6 N–H and O–H groups in total. The Labute approximate surface area is 207 Å². The van der Waals surface area contributed by atoms with Gasteiger partial charge in [-0.05, 0) is 26.2 Å². The van der Waals surface area contributed by atoms with Crippen LogP contribution in [0.4, 0.5) is 5.82 Å². The number of aliphatic hydroxyl groups excluding tert-OH is 3. The lowest BCUT2D eigenvalue weighted by Gasteiger charge is -2.29. The summed E-state index contributed by atoms with van der Waals surface area (Å²) >= 11 is 0. The first-order valence-corrected chi connectivity index (χ1v) is 13.7. The van der Waals surface area contributed by atoms with Crippen molar-refractivity contribution in [2.45, 2.75) is 81.9 Å². The molecule has 202 valence electrons. The molecular weight excluding hydrogens is 497 g/mol. The standard InChI is InChI=1S/C21H34N5O9P/c1-3-8-33-20-24-17(23-12-6-4-5-7-12)13-9-22-26(18(13)25-20)19-16(29)15(28)14(35-19)10-34-21(2,11-27)36(30,31)32/h9,12,14-16,19,27-29H,3-8,10-11H2,1-2H3,(H,23,24,25)(H2,30,31,32)/t14-,15-,16-,19-,21-/m1/s1. The van der Waals surface area contributed by atoms with Crippen LogP contribution in [0, 0.1) is 0 Å². The van der Waals surface area contributed by atoms with Gasteiger partial charge in [0.1, 0.15) is 24.1 Å². The van der Waals surface area contributed by atoms with E-state index in [4.69, 9.17) is 14.2 Å². The van der Waals surface area contributed by atoms with Crippen LogP contribution >= 0.6 is 7.60 Å². The van der Waals surface area contributed by atoms with Crippen molar-refractivity contribution in [3.63, 3.8) is 0 Å². The minimum absolute atomic E-state index is 0.139. The lowest BCUT2D eigenvalue weighted by molar-refractivity contribution is -0.104. The summed E-state index contributed by atoms with van der Waals surface area (Å²) in [7, 11) is -4.84. The van der Waals surface area contributed by atoms with E-state index in [0.29, 0.717) is 23.5 Å². The second kappa shape index (κ2) is 10.8. The highest BCUT2D eigenvalue weighted by molar-refractivity contribution is 7.53. The van der Waals surface area contributed by atoms with Crippen LogP contribution in [-0.2, 0) is 14.0 Å². The van der Waals surface area contributed by atoms with Crippen LogP contribution in [0.5, 0.6) is 6.01 Å². The lowest BCUT2D eigenvalue weighted by Crippen LogP contribution is -2.39. The smallest absolute Gasteiger partial charge is 0.359 e. The van der Waals surface area contributed by atoms with E-state index in [2.05, 4.69) is 20.4 Å². The maximum absolute atomic E-state index is 11.7. The molecule has 0 aromatic carbocycles. The molecule has 2 aromatic heterocycles. The Kier molecular flexibility index (Phi) is 8.17. The van der Waals surface area contributed by atoms with E-state index in [9.17, 15) is 29.7 Å². The highest BCUT2D eigenvalue weighted by Crippen LogP contribution is 2.51. The second-order valence-corrected chi connectivity index (χ2v) is 11.4. The first-order chi connectivity index (χ1) is 17.1. The normalized spacial score (nSPS) is 27.0. The number of ether oxygens (including phenoxy) is 3. The summed E-state index contributed by atoms with van der Waals surface area (Å²) in [6.45, 7) is 1.97. The Balaban J connectivity index is 1.60. The van der Waals surface area contributed by atoms with Crippen LogP contribution in [0.25, 0.3) is 11.0 Å². The fourth-order valence-electron chi connectivity index (χ4n) is 4.28. The van der Waals surface area contributed by atoms with Gasteiger partial charge < -0.3 is 44.6 Å². The molecular formula is C21H34N5O9P. The average molecular weight is 532 g/mol. The third kappa shape index (κ3) is 5.36. The first-order valence-electron chi connectivity index (χ1n) is 12.0. The molecule has 2 aliphatic rings. The SMILES string of the molecule is CCCOc1nc(NC2CCCC2)c2cnn([C@@H]3O[C@H](CO[C@@](C)(CO)P(=O)(O)O)[C@@H](O)[C@H]3O)c2n1. The van der Waals surface area contributed by atoms with E-state index in [1.165, 1.54) is 4.68 Å². The summed E-state index contributed by atoms with van der Waals surface area (Å²) in [6, 6.07) is 0.400. The molecule has 0 bridgehead atoms. The molecule has 1 saturated heterocycles. The van der Waals surface area contributed by atoms with Crippen LogP contribution in [0.15, 0.2) is 6.20 Å². The number of aliphatic hydroxyl groups is 3. The second-order valence-electron chi connectivity index (χ2n) is 9.39. The van der Waals surface area contributed by atoms with Crippen LogP contribution in [0.3, 0.4) is 0 Å². The maximum atomic E-state index is 11.7. The predicted molar refractivity (Wildman–Crippen MR) is 126 cm³/mol. The van der Waals surface area contributed by atoms with E-state index in [-0.39, 0.29) is 12.1 Å². The fourth-order valence-corrected chi connectivity index (χ4v) is 4.70. The molecule has 2 aromatic rings. The van der Waals surface area contributed by atoms with Crippen molar-refractivity contribution in [3.8, 4) is 6.01 Å². The van der Waals surface area contributed by atoms with Gasteiger partial charge >= 0.3 is 13.6 Å². The zero-order valence-corrected chi connectivity index (χ0v) is 21.1. The quantitative estimate of drug-likeness (QED) is 0.219. The van der Waals surface area contributed by atoms with Crippen molar-refractivity contribution >= 4 is 24.4 Å². The number of nitrogens with one attached hydrogen (secondary N) is 1. The zero-order chi connectivity index (χ0) is 26.1. The first kappa shape index (κ1) is 27.1. The monoisotopic (exact) mass is 531 g/mol. The fraction of sp³-hybridized carbons (Fsp3) is 0.762. The molecule has 1 saturated carbocycles. The van der Waals surface area contributed by atoms with E-state index in [1.54, 1.807) is 6.20 Å². The van der Waals surface area contributed by atoms with Gasteiger partial charge in [0.25, 0.3) is 0 Å². The van der Waals surface area contributed by atoms with Gasteiger partial charge in [-0.3, -0.25) is 4.57 Å². The Bertz CT molecular complexity index is 1090. The third-order valence-electron chi connectivity index (χ3n) is 6.61. The summed E-state index contributed by atoms with van der Waals surface area (Å²) in [6.07, 6.45) is 1.36. The van der Waals surface area contributed by atoms with Crippen molar-refractivity contribution in [2.75, 3.05) is 25.1 Å². The van der Waals surface area contributed by atoms with E-state index in [0.717, 1.165) is 39.0 Å². The molecule has 0 radical (unpaired) electrons. The van der Waals surface area contributed by atoms with Crippen molar-refractivity contribution in [3.05, 3.63) is 6.20 Å². The van der Waals surface area contributed by atoms with Crippen molar-refractivity contribution in [1.82, 2.24) is 19.7 Å². The number of nitrogens with zero attached hydrogens (tertiary/aromatic N) is 4. The highest BCUT2D eigenvalue weighted by atomic mass is 31.2. The molecule has 1 aliphatic heterocycles. The van der Waals surface area contributed by atoms with Crippen LogP contribution < -0.4 is 10.1 Å². The van der Waals surface area contributed by atoms with Gasteiger partial charge in [0.15, 0.2) is 17.2 Å². The van der Waals surface area contributed by atoms with Gasteiger partial charge in [0.2, 0.25) is 0 Å². The Morgan fingerprint density at radius 1 is 1.25 bits per heavy atom. The molecule has 0 unspecified atom stereocenters. The van der Waals surface area contributed by atoms with Gasteiger partial charge in [0.05, 0.1) is 31.4 Å². The minimum Gasteiger partial charge on any atom is -0.463 e.